The van der Waals surface area contributed by atoms with Crippen LogP contribution in [0.25, 0.3) is 11.3 Å². The number of benzene rings is 1. The lowest BCUT2D eigenvalue weighted by Gasteiger charge is -2.01. The standard InChI is InChI=1S/C10H8ClIN2/c1-14-9(8(11)10(12)13-14)7-5-3-2-4-6-7/h2-6H,1H3. The van der Waals surface area contributed by atoms with Gasteiger partial charge in [0.05, 0.1) is 5.69 Å². The highest BCUT2D eigenvalue weighted by atomic mass is 127. The van der Waals surface area contributed by atoms with Crippen LogP contribution in [-0.4, -0.2) is 9.78 Å². The second kappa shape index (κ2) is 3.90. The van der Waals surface area contributed by atoms with E-state index < -0.39 is 0 Å². The van der Waals surface area contributed by atoms with Crippen molar-refractivity contribution in [3.8, 4) is 11.3 Å². The van der Waals surface area contributed by atoms with E-state index in [0.29, 0.717) is 0 Å². The monoisotopic (exact) mass is 318 g/mol. The molecule has 0 atom stereocenters. The lowest BCUT2D eigenvalue weighted by molar-refractivity contribution is 0.767. The van der Waals surface area contributed by atoms with Gasteiger partial charge in [-0.25, -0.2) is 0 Å². The van der Waals surface area contributed by atoms with Crippen LogP contribution >= 0.6 is 34.2 Å². The van der Waals surface area contributed by atoms with E-state index in [2.05, 4.69) is 27.7 Å². The first kappa shape index (κ1) is 9.98. The smallest absolute Gasteiger partial charge is 0.142 e. The minimum atomic E-state index is 0.722. The van der Waals surface area contributed by atoms with Crippen LogP contribution in [0, 0.1) is 3.70 Å². The van der Waals surface area contributed by atoms with E-state index in [1.165, 1.54) is 0 Å². The van der Waals surface area contributed by atoms with Gasteiger partial charge in [0, 0.05) is 12.6 Å². The predicted molar refractivity (Wildman–Crippen MR) is 66.4 cm³/mol. The van der Waals surface area contributed by atoms with Crippen LogP contribution in [0.5, 0.6) is 0 Å². The molecule has 0 N–H and O–H groups in total. The Morgan fingerprint density at radius 1 is 1.29 bits per heavy atom. The van der Waals surface area contributed by atoms with Gasteiger partial charge in [-0.2, -0.15) is 5.10 Å². The van der Waals surface area contributed by atoms with Crippen LogP contribution < -0.4 is 0 Å². The Kier molecular flexibility index (Phi) is 2.78. The van der Waals surface area contributed by atoms with E-state index in [1.807, 2.05) is 37.4 Å². The molecule has 1 aromatic carbocycles. The molecule has 0 spiro atoms. The molecule has 4 heteroatoms. The fraction of sp³-hybridized carbons (Fsp3) is 0.100. The number of aromatic nitrogens is 2. The summed E-state index contributed by atoms with van der Waals surface area (Å²) in [7, 11) is 1.90. The molecule has 0 saturated carbocycles. The van der Waals surface area contributed by atoms with Crippen molar-refractivity contribution in [2.24, 2.45) is 7.05 Å². The van der Waals surface area contributed by atoms with Gasteiger partial charge in [-0.1, -0.05) is 41.9 Å². The molecular weight excluding hydrogens is 310 g/mol. The molecular formula is C10H8ClIN2. The Morgan fingerprint density at radius 2 is 1.93 bits per heavy atom. The SMILES string of the molecule is Cn1nc(I)c(Cl)c1-c1ccccc1. The Balaban J connectivity index is 2.62. The van der Waals surface area contributed by atoms with Crippen molar-refractivity contribution in [3.63, 3.8) is 0 Å². The maximum atomic E-state index is 6.16. The molecule has 0 radical (unpaired) electrons. The highest BCUT2D eigenvalue weighted by molar-refractivity contribution is 14.1. The quantitative estimate of drug-likeness (QED) is 0.737. The highest BCUT2D eigenvalue weighted by Crippen LogP contribution is 2.30. The molecule has 0 fully saturated rings. The summed E-state index contributed by atoms with van der Waals surface area (Å²) in [6, 6.07) is 10.0. The highest BCUT2D eigenvalue weighted by Gasteiger charge is 2.12. The predicted octanol–water partition coefficient (Wildman–Crippen LogP) is 3.35. The molecule has 0 aliphatic carbocycles. The summed E-state index contributed by atoms with van der Waals surface area (Å²) in [4.78, 5) is 0. The minimum Gasteiger partial charge on any atom is -0.265 e. The van der Waals surface area contributed by atoms with E-state index in [-0.39, 0.29) is 0 Å². The number of nitrogens with zero attached hydrogens (tertiary/aromatic N) is 2. The van der Waals surface area contributed by atoms with Crippen molar-refractivity contribution >= 4 is 34.2 Å². The Bertz CT molecular complexity index is 451. The van der Waals surface area contributed by atoms with Gasteiger partial charge in [-0.05, 0) is 22.6 Å². The molecule has 0 aliphatic rings. The third-order valence-electron chi connectivity index (χ3n) is 2.00. The molecule has 0 bridgehead atoms. The van der Waals surface area contributed by atoms with Crippen LogP contribution in [0.1, 0.15) is 0 Å². The van der Waals surface area contributed by atoms with E-state index in [4.69, 9.17) is 11.6 Å². The van der Waals surface area contributed by atoms with Crippen molar-refractivity contribution in [2.75, 3.05) is 0 Å². The average molecular weight is 319 g/mol. The molecule has 0 aliphatic heterocycles. The van der Waals surface area contributed by atoms with E-state index in [1.54, 1.807) is 4.68 Å². The van der Waals surface area contributed by atoms with Gasteiger partial charge < -0.3 is 0 Å². The summed E-state index contributed by atoms with van der Waals surface area (Å²) in [6.45, 7) is 0. The number of hydrogen-bond acceptors (Lipinski definition) is 1. The average Bonchev–Trinajstić information content (AvgIpc) is 2.43. The second-order valence-corrected chi connectivity index (χ2v) is 4.34. The molecule has 14 heavy (non-hydrogen) atoms. The summed E-state index contributed by atoms with van der Waals surface area (Å²) in [5.74, 6) is 0. The molecule has 1 heterocycles. The van der Waals surface area contributed by atoms with Crippen molar-refractivity contribution < 1.29 is 0 Å². The van der Waals surface area contributed by atoms with Gasteiger partial charge in [0.2, 0.25) is 0 Å². The molecule has 2 nitrogen and oxygen atoms in total. The number of hydrogen-bond donors (Lipinski definition) is 0. The summed E-state index contributed by atoms with van der Waals surface area (Å²) in [5, 5.41) is 4.98. The van der Waals surface area contributed by atoms with E-state index in [0.717, 1.165) is 20.0 Å². The lowest BCUT2D eigenvalue weighted by atomic mass is 10.1. The largest absolute Gasteiger partial charge is 0.265 e. The van der Waals surface area contributed by atoms with Gasteiger partial charge in [0.25, 0.3) is 0 Å². The minimum absolute atomic E-state index is 0.722. The molecule has 2 rings (SSSR count). The van der Waals surface area contributed by atoms with Crippen molar-refractivity contribution in [1.82, 2.24) is 9.78 Å². The van der Waals surface area contributed by atoms with Crippen molar-refractivity contribution in [3.05, 3.63) is 39.1 Å². The summed E-state index contributed by atoms with van der Waals surface area (Å²) in [5.41, 5.74) is 2.06. The van der Waals surface area contributed by atoms with Crippen LogP contribution in [0.3, 0.4) is 0 Å². The Morgan fingerprint density at radius 3 is 2.43 bits per heavy atom. The van der Waals surface area contributed by atoms with Crippen molar-refractivity contribution in [2.45, 2.75) is 0 Å². The zero-order valence-corrected chi connectivity index (χ0v) is 10.5. The molecule has 0 saturated heterocycles. The molecule has 1 aromatic heterocycles. The maximum Gasteiger partial charge on any atom is 0.142 e. The third kappa shape index (κ3) is 1.66. The lowest BCUT2D eigenvalue weighted by Crippen LogP contribution is -1.93. The summed E-state index contributed by atoms with van der Waals surface area (Å²) < 4.78 is 2.64. The normalized spacial score (nSPS) is 10.5. The molecule has 0 amide bonds. The Labute approximate surface area is 101 Å². The van der Waals surface area contributed by atoms with E-state index >= 15 is 0 Å². The van der Waals surface area contributed by atoms with Crippen LogP contribution in [0.2, 0.25) is 5.02 Å². The van der Waals surface area contributed by atoms with Crippen LogP contribution in [0.4, 0.5) is 0 Å². The zero-order chi connectivity index (χ0) is 10.1. The Hall–Kier alpha value is -0.550. The number of aryl methyl sites for hydroxylation is 1. The topological polar surface area (TPSA) is 17.8 Å². The second-order valence-electron chi connectivity index (χ2n) is 2.94. The number of halogens is 2. The first-order chi connectivity index (χ1) is 6.70. The first-order valence-corrected chi connectivity index (χ1v) is 5.59. The van der Waals surface area contributed by atoms with Gasteiger partial charge in [0.1, 0.15) is 8.72 Å². The third-order valence-corrected chi connectivity index (χ3v) is 3.43. The van der Waals surface area contributed by atoms with Crippen LogP contribution in [-0.2, 0) is 7.05 Å². The first-order valence-electron chi connectivity index (χ1n) is 4.13. The molecule has 2 aromatic rings. The van der Waals surface area contributed by atoms with Gasteiger partial charge >= 0.3 is 0 Å². The van der Waals surface area contributed by atoms with Gasteiger partial charge in [-0.3, -0.25) is 4.68 Å². The summed E-state index contributed by atoms with van der Waals surface area (Å²) in [6.07, 6.45) is 0. The van der Waals surface area contributed by atoms with Crippen molar-refractivity contribution in [1.29, 1.82) is 0 Å². The number of rotatable bonds is 1. The van der Waals surface area contributed by atoms with Gasteiger partial charge in [0.15, 0.2) is 0 Å². The molecule has 0 unspecified atom stereocenters. The maximum absolute atomic E-state index is 6.16. The van der Waals surface area contributed by atoms with Gasteiger partial charge in [-0.15, -0.1) is 0 Å². The van der Waals surface area contributed by atoms with Crippen LogP contribution in [0.15, 0.2) is 30.3 Å². The summed E-state index contributed by atoms with van der Waals surface area (Å²) >= 11 is 8.29. The zero-order valence-electron chi connectivity index (χ0n) is 7.54. The molecule has 72 valence electrons. The fourth-order valence-electron chi connectivity index (χ4n) is 1.37. The van der Waals surface area contributed by atoms with E-state index in [9.17, 15) is 0 Å². The fourth-order valence-corrected chi connectivity index (χ4v) is 2.22.